The topological polar surface area (TPSA) is 49.8 Å². The van der Waals surface area contributed by atoms with Crippen LogP contribution < -0.4 is 4.74 Å². The van der Waals surface area contributed by atoms with Crippen molar-refractivity contribution >= 4 is 21.9 Å². The molecule has 2 aromatic rings. The van der Waals surface area contributed by atoms with Crippen LogP contribution in [0.15, 0.2) is 53.0 Å². The Morgan fingerprint density at radius 2 is 1.60 bits per heavy atom. The molecule has 0 radical (unpaired) electrons. The van der Waals surface area contributed by atoms with Gasteiger partial charge in [-0.2, -0.15) is 0 Å². The van der Waals surface area contributed by atoms with E-state index >= 15 is 0 Å². The van der Waals surface area contributed by atoms with Gasteiger partial charge in [0.25, 0.3) is 0 Å². The highest BCUT2D eigenvalue weighted by molar-refractivity contribution is 9.10. The summed E-state index contributed by atoms with van der Waals surface area (Å²) in [6.45, 7) is 1.56. The molecule has 0 bridgehead atoms. The third-order valence-corrected chi connectivity index (χ3v) is 5.39. The first kappa shape index (κ1) is 18.0. The van der Waals surface area contributed by atoms with Gasteiger partial charge in [0.1, 0.15) is 5.75 Å². The van der Waals surface area contributed by atoms with Crippen molar-refractivity contribution in [3.8, 4) is 5.75 Å². The molecule has 1 aliphatic rings. The highest BCUT2D eigenvalue weighted by atomic mass is 79.9. The molecule has 1 unspecified atom stereocenters. The van der Waals surface area contributed by atoms with E-state index in [2.05, 4.69) is 57.2 Å². The lowest BCUT2D eigenvalue weighted by molar-refractivity contribution is -0.143. The van der Waals surface area contributed by atoms with Gasteiger partial charge < -0.3 is 9.84 Å². The zero-order valence-electron chi connectivity index (χ0n) is 14.2. The summed E-state index contributed by atoms with van der Waals surface area (Å²) in [7, 11) is 1.66. The molecule has 1 saturated heterocycles. The lowest BCUT2D eigenvalue weighted by Crippen LogP contribution is -2.39. The molecule has 0 saturated carbocycles. The van der Waals surface area contributed by atoms with E-state index in [4.69, 9.17) is 4.74 Å². The number of hydrogen-bond donors (Lipinski definition) is 1. The maximum atomic E-state index is 11.2. The van der Waals surface area contributed by atoms with Crippen LogP contribution in [0.2, 0.25) is 0 Å². The molecule has 1 fully saturated rings. The summed E-state index contributed by atoms with van der Waals surface area (Å²) >= 11 is 3.49. The smallest absolute Gasteiger partial charge is 0.306 e. The van der Waals surface area contributed by atoms with Crippen LogP contribution >= 0.6 is 15.9 Å². The van der Waals surface area contributed by atoms with Gasteiger partial charge in [-0.05, 0) is 61.3 Å². The second-order valence-electron chi connectivity index (χ2n) is 6.38. The molecule has 132 valence electrons. The number of carboxylic acid groups (broad SMARTS) is 1. The molecular formula is C20H22BrNO3. The minimum atomic E-state index is -0.677. The van der Waals surface area contributed by atoms with Gasteiger partial charge in [0.2, 0.25) is 0 Å². The van der Waals surface area contributed by atoms with Gasteiger partial charge in [-0.15, -0.1) is 0 Å². The number of benzene rings is 2. The van der Waals surface area contributed by atoms with Gasteiger partial charge >= 0.3 is 5.97 Å². The number of methoxy groups -OCH3 is 1. The number of carboxylic acids is 1. The number of likely N-dealkylation sites (tertiary alicyclic amines) is 1. The standard InChI is InChI=1S/C20H22BrNO3/c1-25-18-8-4-15(5-9-18)19(14-2-6-17(21)7-3-14)22-12-10-16(11-13-22)20(23)24/h2-9,16,19H,10-13H2,1H3,(H,23,24). The Morgan fingerprint density at radius 1 is 1.08 bits per heavy atom. The second kappa shape index (κ2) is 8.02. The van der Waals surface area contributed by atoms with Crippen molar-refractivity contribution in [1.29, 1.82) is 0 Å². The fraction of sp³-hybridized carbons (Fsp3) is 0.350. The Hall–Kier alpha value is -1.85. The van der Waals surface area contributed by atoms with E-state index in [1.165, 1.54) is 11.1 Å². The van der Waals surface area contributed by atoms with E-state index in [0.29, 0.717) is 12.8 Å². The molecule has 0 spiro atoms. The van der Waals surface area contributed by atoms with Crippen molar-refractivity contribution in [2.75, 3.05) is 20.2 Å². The number of aliphatic carboxylic acids is 1. The fourth-order valence-electron chi connectivity index (χ4n) is 3.45. The molecule has 3 rings (SSSR count). The minimum absolute atomic E-state index is 0.119. The summed E-state index contributed by atoms with van der Waals surface area (Å²) in [5.41, 5.74) is 2.40. The molecule has 1 aliphatic heterocycles. The van der Waals surface area contributed by atoms with E-state index < -0.39 is 5.97 Å². The predicted octanol–water partition coefficient (Wildman–Crippen LogP) is 4.34. The van der Waals surface area contributed by atoms with Gasteiger partial charge in [0, 0.05) is 4.47 Å². The van der Waals surface area contributed by atoms with Gasteiger partial charge in [-0.3, -0.25) is 9.69 Å². The van der Waals surface area contributed by atoms with Crippen LogP contribution in [0.3, 0.4) is 0 Å². The number of ether oxygens (including phenoxy) is 1. The molecule has 1 N–H and O–H groups in total. The first-order chi connectivity index (χ1) is 12.1. The molecule has 5 heteroatoms. The average molecular weight is 404 g/mol. The molecular weight excluding hydrogens is 382 g/mol. The normalized spacial score (nSPS) is 17.2. The quantitative estimate of drug-likeness (QED) is 0.806. The average Bonchev–Trinajstić information content (AvgIpc) is 2.64. The summed E-state index contributed by atoms with van der Waals surface area (Å²) in [4.78, 5) is 13.6. The van der Waals surface area contributed by atoms with Crippen molar-refractivity contribution in [3.63, 3.8) is 0 Å². The summed E-state index contributed by atoms with van der Waals surface area (Å²) < 4.78 is 6.32. The van der Waals surface area contributed by atoms with Gasteiger partial charge in [-0.1, -0.05) is 40.2 Å². The zero-order chi connectivity index (χ0) is 17.8. The largest absolute Gasteiger partial charge is 0.497 e. The number of rotatable bonds is 5. The van der Waals surface area contributed by atoms with E-state index in [1.807, 2.05) is 12.1 Å². The third-order valence-electron chi connectivity index (χ3n) is 4.86. The van der Waals surface area contributed by atoms with E-state index in [-0.39, 0.29) is 12.0 Å². The van der Waals surface area contributed by atoms with Crippen molar-refractivity contribution in [2.24, 2.45) is 5.92 Å². The molecule has 0 aromatic heterocycles. The van der Waals surface area contributed by atoms with Crippen molar-refractivity contribution in [1.82, 2.24) is 4.90 Å². The Balaban J connectivity index is 1.89. The summed E-state index contributed by atoms with van der Waals surface area (Å²) in [6.07, 6.45) is 1.39. The van der Waals surface area contributed by atoms with Gasteiger partial charge in [0.05, 0.1) is 19.1 Å². The van der Waals surface area contributed by atoms with Crippen LogP contribution in [0.4, 0.5) is 0 Å². The Kier molecular flexibility index (Phi) is 5.76. The number of carbonyl (C=O) groups is 1. The lowest BCUT2D eigenvalue weighted by atomic mass is 9.91. The summed E-state index contributed by atoms with van der Waals surface area (Å²) in [5.74, 6) is -0.0649. The second-order valence-corrected chi connectivity index (χ2v) is 7.29. The molecule has 0 aliphatic carbocycles. The van der Waals surface area contributed by atoms with E-state index in [0.717, 1.165) is 23.3 Å². The number of halogens is 1. The zero-order valence-corrected chi connectivity index (χ0v) is 15.8. The van der Waals surface area contributed by atoms with Gasteiger partial charge in [0.15, 0.2) is 0 Å². The van der Waals surface area contributed by atoms with Crippen LogP contribution in [0.5, 0.6) is 5.75 Å². The SMILES string of the molecule is COc1ccc(C(c2ccc(Br)cc2)N2CCC(C(=O)O)CC2)cc1. The summed E-state index contributed by atoms with van der Waals surface area (Å²) in [6, 6.07) is 16.6. The first-order valence-corrected chi connectivity index (χ1v) is 9.24. The first-order valence-electron chi connectivity index (χ1n) is 8.44. The monoisotopic (exact) mass is 403 g/mol. The maximum absolute atomic E-state index is 11.2. The van der Waals surface area contributed by atoms with Gasteiger partial charge in [-0.25, -0.2) is 0 Å². The van der Waals surface area contributed by atoms with Crippen molar-refractivity contribution in [2.45, 2.75) is 18.9 Å². The van der Waals surface area contributed by atoms with Crippen LogP contribution in [0.1, 0.15) is 30.0 Å². The third kappa shape index (κ3) is 4.22. The van der Waals surface area contributed by atoms with E-state index in [9.17, 15) is 9.90 Å². The minimum Gasteiger partial charge on any atom is -0.497 e. The van der Waals surface area contributed by atoms with Crippen molar-refractivity contribution < 1.29 is 14.6 Å². The van der Waals surface area contributed by atoms with Crippen LogP contribution in [0.25, 0.3) is 0 Å². The molecule has 1 atom stereocenters. The number of nitrogens with zero attached hydrogens (tertiary/aromatic N) is 1. The molecule has 1 heterocycles. The molecule has 25 heavy (non-hydrogen) atoms. The number of piperidine rings is 1. The Labute approximate surface area is 156 Å². The molecule has 2 aromatic carbocycles. The van der Waals surface area contributed by atoms with Crippen LogP contribution in [-0.2, 0) is 4.79 Å². The van der Waals surface area contributed by atoms with Crippen molar-refractivity contribution in [3.05, 3.63) is 64.1 Å². The lowest BCUT2D eigenvalue weighted by Gasteiger charge is -2.37. The molecule has 4 nitrogen and oxygen atoms in total. The maximum Gasteiger partial charge on any atom is 0.306 e. The van der Waals surface area contributed by atoms with Crippen LogP contribution in [0, 0.1) is 5.92 Å². The van der Waals surface area contributed by atoms with Crippen LogP contribution in [-0.4, -0.2) is 36.2 Å². The summed E-state index contributed by atoms with van der Waals surface area (Å²) in [5, 5.41) is 9.25. The fourth-order valence-corrected chi connectivity index (χ4v) is 3.71. The van der Waals surface area contributed by atoms with E-state index in [1.54, 1.807) is 7.11 Å². The predicted molar refractivity (Wildman–Crippen MR) is 101 cm³/mol. The highest BCUT2D eigenvalue weighted by Gasteiger charge is 2.30. The highest BCUT2D eigenvalue weighted by Crippen LogP contribution is 2.33. The molecule has 0 amide bonds. The Morgan fingerprint density at radius 3 is 2.08 bits per heavy atom. The number of hydrogen-bond acceptors (Lipinski definition) is 3. The Bertz CT molecular complexity index is 707.